The van der Waals surface area contributed by atoms with Crippen molar-refractivity contribution in [2.75, 3.05) is 11.9 Å². The van der Waals surface area contributed by atoms with Crippen molar-refractivity contribution in [2.24, 2.45) is 0 Å². The van der Waals surface area contributed by atoms with Gasteiger partial charge in [0.25, 0.3) is 0 Å². The highest BCUT2D eigenvalue weighted by Gasteiger charge is 2.03. The van der Waals surface area contributed by atoms with Crippen LogP contribution >= 0.6 is 23.4 Å². The van der Waals surface area contributed by atoms with Crippen LogP contribution in [0, 0.1) is 0 Å². The van der Waals surface area contributed by atoms with Gasteiger partial charge >= 0.3 is 0 Å². The van der Waals surface area contributed by atoms with Crippen molar-refractivity contribution in [2.45, 2.75) is 16.8 Å². The summed E-state index contributed by atoms with van der Waals surface area (Å²) in [6, 6.07) is 13.7. The fourth-order valence-corrected chi connectivity index (χ4v) is 2.47. The molecular formula is C13H13ClN2S. The summed E-state index contributed by atoms with van der Waals surface area (Å²) in [6.07, 6.45) is 0. The summed E-state index contributed by atoms with van der Waals surface area (Å²) in [5, 5.41) is 4.89. The molecule has 0 saturated heterocycles. The summed E-state index contributed by atoms with van der Waals surface area (Å²) in [6.45, 7) is 2.92. The lowest BCUT2D eigenvalue weighted by molar-refractivity contribution is 1.08. The molecule has 1 N–H and O–H groups in total. The Kier molecular flexibility index (Phi) is 4.29. The molecule has 0 unspecified atom stereocenters. The van der Waals surface area contributed by atoms with E-state index in [0.29, 0.717) is 0 Å². The van der Waals surface area contributed by atoms with Gasteiger partial charge in [0, 0.05) is 11.4 Å². The lowest BCUT2D eigenvalue weighted by Gasteiger charge is -2.06. The van der Waals surface area contributed by atoms with E-state index in [1.807, 2.05) is 42.5 Å². The molecule has 0 atom stereocenters. The molecule has 0 bridgehead atoms. The van der Waals surface area contributed by atoms with Crippen molar-refractivity contribution in [3.05, 3.63) is 47.5 Å². The number of nitrogens with zero attached hydrogens (tertiary/aromatic N) is 1. The molecule has 4 heteroatoms. The van der Waals surface area contributed by atoms with E-state index in [0.717, 1.165) is 27.3 Å². The molecular weight excluding hydrogens is 252 g/mol. The Morgan fingerprint density at radius 3 is 2.76 bits per heavy atom. The van der Waals surface area contributed by atoms with Crippen LogP contribution in [0.25, 0.3) is 0 Å². The number of hydrogen-bond acceptors (Lipinski definition) is 3. The molecule has 0 aliphatic rings. The average Bonchev–Trinajstić information content (AvgIpc) is 2.33. The first-order valence-electron chi connectivity index (χ1n) is 5.43. The second-order valence-electron chi connectivity index (χ2n) is 3.42. The third kappa shape index (κ3) is 3.38. The maximum Gasteiger partial charge on any atom is 0.127 e. The van der Waals surface area contributed by atoms with Gasteiger partial charge in [0.15, 0.2) is 0 Å². The molecule has 2 rings (SSSR count). The molecule has 2 nitrogen and oxygen atoms in total. The normalized spacial score (nSPS) is 10.2. The van der Waals surface area contributed by atoms with Crippen LogP contribution in [0.2, 0.25) is 5.02 Å². The predicted octanol–water partition coefficient (Wildman–Crippen LogP) is 4.32. The number of hydrogen-bond donors (Lipinski definition) is 1. The van der Waals surface area contributed by atoms with Crippen LogP contribution in [0.3, 0.4) is 0 Å². The first kappa shape index (κ1) is 12.3. The second kappa shape index (κ2) is 5.94. The number of anilines is 1. The van der Waals surface area contributed by atoms with Gasteiger partial charge in [-0.1, -0.05) is 41.6 Å². The summed E-state index contributed by atoms with van der Waals surface area (Å²) < 4.78 is 0. The van der Waals surface area contributed by atoms with Crippen molar-refractivity contribution in [3.8, 4) is 0 Å². The Morgan fingerprint density at radius 2 is 2.00 bits per heavy atom. The van der Waals surface area contributed by atoms with Gasteiger partial charge in [0.1, 0.15) is 10.8 Å². The quantitative estimate of drug-likeness (QED) is 0.890. The van der Waals surface area contributed by atoms with E-state index in [9.17, 15) is 0 Å². The number of rotatable bonds is 4. The molecule has 88 valence electrons. The van der Waals surface area contributed by atoms with Gasteiger partial charge in [-0.05, 0) is 31.2 Å². The number of nitrogens with one attached hydrogen (secondary N) is 1. The van der Waals surface area contributed by atoms with Crippen molar-refractivity contribution in [1.29, 1.82) is 0 Å². The van der Waals surface area contributed by atoms with Gasteiger partial charge in [-0.25, -0.2) is 4.98 Å². The zero-order valence-electron chi connectivity index (χ0n) is 9.48. The maximum atomic E-state index is 6.11. The van der Waals surface area contributed by atoms with E-state index in [1.54, 1.807) is 11.8 Å². The number of pyridine rings is 1. The minimum Gasteiger partial charge on any atom is -0.370 e. The van der Waals surface area contributed by atoms with Crippen LogP contribution < -0.4 is 5.32 Å². The van der Waals surface area contributed by atoms with Crippen LogP contribution in [0.4, 0.5) is 5.82 Å². The van der Waals surface area contributed by atoms with Gasteiger partial charge in [-0.15, -0.1) is 0 Å². The van der Waals surface area contributed by atoms with E-state index in [1.165, 1.54) is 0 Å². The molecule has 1 heterocycles. The largest absolute Gasteiger partial charge is 0.370 e. The van der Waals surface area contributed by atoms with Crippen LogP contribution in [0.5, 0.6) is 0 Å². The van der Waals surface area contributed by atoms with E-state index in [-0.39, 0.29) is 0 Å². The molecule has 17 heavy (non-hydrogen) atoms. The molecule has 2 aromatic rings. The Labute approximate surface area is 110 Å². The first-order chi connectivity index (χ1) is 8.29. The SMILES string of the molecule is CCNc1cccc(Sc2ccccc2Cl)n1. The van der Waals surface area contributed by atoms with Gasteiger partial charge < -0.3 is 5.32 Å². The highest BCUT2D eigenvalue weighted by atomic mass is 35.5. The Morgan fingerprint density at radius 1 is 1.18 bits per heavy atom. The minimum atomic E-state index is 0.758. The topological polar surface area (TPSA) is 24.9 Å². The van der Waals surface area contributed by atoms with E-state index < -0.39 is 0 Å². The molecule has 0 fully saturated rings. The van der Waals surface area contributed by atoms with Crippen molar-refractivity contribution >= 4 is 29.2 Å². The monoisotopic (exact) mass is 264 g/mol. The van der Waals surface area contributed by atoms with Gasteiger partial charge in [-0.3, -0.25) is 0 Å². The molecule has 0 radical (unpaired) electrons. The highest BCUT2D eigenvalue weighted by Crippen LogP contribution is 2.32. The van der Waals surface area contributed by atoms with Crippen LogP contribution in [-0.2, 0) is 0 Å². The molecule has 0 spiro atoms. The number of benzene rings is 1. The Balaban J connectivity index is 2.18. The molecule has 0 aliphatic carbocycles. The zero-order chi connectivity index (χ0) is 12.1. The highest BCUT2D eigenvalue weighted by molar-refractivity contribution is 7.99. The van der Waals surface area contributed by atoms with E-state index in [4.69, 9.17) is 11.6 Å². The maximum absolute atomic E-state index is 6.11. The second-order valence-corrected chi connectivity index (χ2v) is 4.89. The van der Waals surface area contributed by atoms with Gasteiger partial charge in [-0.2, -0.15) is 0 Å². The summed E-state index contributed by atoms with van der Waals surface area (Å²) in [4.78, 5) is 5.52. The van der Waals surface area contributed by atoms with Crippen molar-refractivity contribution in [3.63, 3.8) is 0 Å². The third-order valence-electron chi connectivity index (χ3n) is 2.13. The fraction of sp³-hybridized carbons (Fsp3) is 0.154. The third-order valence-corrected chi connectivity index (χ3v) is 3.59. The summed E-state index contributed by atoms with van der Waals surface area (Å²) >= 11 is 7.68. The van der Waals surface area contributed by atoms with Crippen LogP contribution in [0.1, 0.15) is 6.92 Å². The van der Waals surface area contributed by atoms with E-state index in [2.05, 4.69) is 17.2 Å². The van der Waals surface area contributed by atoms with E-state index >= 15 is 0 Å². The molecule has 0 aliphatic heterocycles. The summed E-state index contributed by atoms with van der Waals surface area (Å²) in [5.74, 6) is 0.893. The van der Waals surface area contributed by atoms with Gasteiger partial charge in [0.05, 0.1) is 5.02 Å². The van der Waals surface area contributed by atoms with Crippen molar-refractivity contribution in [1.82, 2.24) is 4.98 Å². The minimum absolute atomic E-state index is 0.758. The Hall–Kier alpha value is -1.19. The smallest absolute Gasteiger partial charge is 0.127 e. The van der Waals surface area contributed by atoms with Crippen LogP contribution in [-0.4, -0.2) is 11.5 Å². The standard InChI is InChI=1S/C13H13ClN2S/c1-2-15-12-8-5-9-13(16-12)17-11-7-4-3-6-10(11)14/h3-9H,2H2,1H3,(H,15,16). The predicted molar refractivity (Wildman–Crippen MR) is 74.0 cm³/mol. The number of aromatic nitrogens is 1. The summed E-state index contributed by atoms with van der Waals surface area (Å²) in [7, 11) is 0. The van der Waals surface area contributed by atoms with Gasteiger partial charge in [0.2, 0.25) is 0 Å². The lowest BCUT2D eigenvalue weighted by atomic mass is 10.4. The van der Waals surface area contributed by atoms with Crippen LogP contribution in [0.15, 0.2) is 52.4 Å². The van der Waals surface area contributed by atoms with Crippen molar-refractivity contribution < 1.29 is 0 Å². The molecule has 1 aromatic carbocycles. The zero-order valence-corrected chi connectivity index (χ0v) is 11.1. The first-order valence-corrected chi connectivity index (χ1v) is 6.62. The molecule has 1 aromatic heterocycles. The molecule has 0 amide bonds. The average molecular weight is 265 g/mol. The molecule has 0 saturated carbocycles. The lowest BCUT2D eigenvalue weighted by Crippen LogP contribution is -1.98. The fourth-order valence-electron chi connectivity index (χ4n) is 1.39. The number of halogens is 1. The Bertz CT molecular complexity index is 502. The summed E-state index contributed by atoms with van der Waals surface area (Å²) in [5.41, 5.74) is 0.